The highest BCUT2D eigenvalue weighted by molar-refractivity contribution is 7.11. The van der Waals surface area contributed by atoms with E-state index in [0.29, 0.717) is 0 Å². The molecule has 1 fully saturated rings. The van der Waals surface area contributed by atoms with Gasteiger partial charge in [0.2, 0.25) is 0 Å². The number of nitrogens with zero attached hydrogens (tertiary/aromatic N) is 3. The molecule has 19 heavy (non-hydrogen) atoms. The number of aryl methyl sites for hydroxylation is 1. The molecule has 2 rings (SSSR count). The highest BCUT2D eigenvalue weighted by Gasteiger charge is 2.23. The number of rotatable bonds is 4. The molecule has 0 aliphatic carbocycles. The van der Waals surface area contributed by atoms with Gasteiger partial charge in [0.1, 0.15) is 5.01 Å². The van der Waals surface area contributed by atoms with E-state index in [9.17, 15) is 0 Å². The molecule has 0 saturated carbocycles. The Labute approximate surface area is 120 Å². The molecule has 0 spiro atoms. The molecule has 2 N–H and O–H groups in total. The van der Waals surface area contributed by atoms with Crippen LogP contribution in [0, 0.1) is 6.92 Å². The molecule has 0 aromatic carbocycles. The van der Waals surface area contributed by atoms with Gasteiger partial charge in [-0.05, 0) is 27.3 Å². The van der Waals surface area contributed by atoms with Crippen molar-refractivity contribution in [3.05, 3.63) is 15.6 Å². The van der Waals surface area contributed by atoms with Crippen molar-refractivity contribution in [2.75, 3.05) is 32.7 Å². The van der Waals surface area contributed by atoms with E-state index in [1.807, 2.05) is 0 Å². The zero-order chi connectivity index (χ0) is 14.0. The smallest absolute Gasteiger partial charge is 0.107 e. The third-order valence-electron chi connectivity index (χ3n) is 3.70. The van der Waals surface area contributed by atoms with Gasteiger partial charge in [-0.1, -0.05) is 6.92 Å². The summed E-state index contributed by atoms with van der Waals surface area (Å²) in [6.45, 7) is 15.2. The van der Waals surface area contributed by atoms with Crippen molar-refractivity contribution in [1.29, 1.82) is 0 Å². The summed E-state index contributed by atoms with van der Waals surface area (Å²) in [5, 5.41) is 1.20. The molecule has 1 aliphatic heterocycles. The summed E-state index contributed by atoms with van der Waals surface area (Å²) in [6.07, 6.45) is 0. The minimum atomic E-state index is -0.277. The average Bonchev–Trinajstić information content (AvgIpc) is 2.71. The second-order valence-electron chi connectivity index (χ2n) is 5.95. The summed E-state index contributed by atoms with van der Waals surface area (Å²) in [5.41, 5.74) is 7.01. The maximum atomic E-state index is 6.19. The van der Waals surface area contributed by atoms with Crippen LogP contribution in [0.3, 0.4) is 0 Å². The molecule has 4 nitrogen and oxygen atoms in total. The molecule has 5 heteroatoms. The van der Waals surface area contributed by atoms with Crippen LogP contribution in [0.1, 0.15) is 36.3 Å². The van der Waals surface area contributed by atoms with Crippen LogP contribution >= 0.6 is 11.3 Å². The van der Waals surface area contributed by atoms with Gasteiger partial charge >= 0.3 is 0 Å². The molecule has 0 bridgehead atoms. The minimum absolute atomic E-state index is 0.277. The predicted octanol–water partition coefficient (Wildman–Crippen LogP) is 1.78. The molecular formula is C14H26N4S. The lowest BCUT2D eigenvalue weighted by molar-refractivity contribution is 0.132. The van der Waals surface area contributed by atoms with Crippen LogP contribution in [0.15, 0.2) is 0 Å². The van der Waals surface area contributed by atoms with E-state index in [1.165, 1.54) is 23.0 Å². The second kappa shape index (κ2) is 5.87. The van der Waals surface area contributed by atoms with Gasteiger partial charge < -0.3 is 10.6 Å². The van der Waals surface area contributed by atoms with E-state index in [4.69, 9.17) is 10.7 Å². The van der Waals surface area contributed by atoms with Gasteiger partial charge in [-0.3, -0.25) is 4.90 Å². The number of likely N-dealkylation sites (N-methyl/N-ethyl adjacent to an activating group) is 1. The average molecular weight is 282 g/mol. The maximum absolute atomic E-state index is 6.19. The standard InChI is InChI=1S/C14H26N4S/c1-5-17-6-8-18(9-7-17)10-12-16-11(2)13(19-12)14(3,4)15/h5-10,15H2,1-4H3. The largest absolute Gasteiger partial charge is 0.321 e. The van der Waals surface area contributed by atoms with Crippen molar-refractivity contribution < 1.29 is 0 Å². The molecule has 1 aromatic heterocycles. The molecule has 1 saturated heterocycles. The van der Waals surface area contributed by atoms with Crippen molar-refractivity contribution in [2.45, 2.75) is 39.8 Å². The molecule has 1 aliphatic rings. The van der Waals surface area contributed by atoms with Gasteiger partial charge in [-0.15, -0.1) is 11.3 Å². The predicted molar refractivity (Wildman–Crippen MR) is 81.5 cm³/mol. The van der Waals surface area contributed by atoms with Gasteiger partial charge in [-0.2, -0.15) is 0 Å². The van der Waals surface area contributed by atoms with Crippen LogP contribution in [-0.2, 0) is 12.1 Å². The van der Waals surface area contributed by atoms with E-state index in [1.54, 1.807) is 11.3 Å². The van der Waals surface area contributed by atoms with Gasteiger partial charge in [0.05, 0.1) is 12.2 Å². The molecule has 1 aromatic rings. The fraction of sp³-hybridized carbons (Fsp3) is 0.786. The Morgan fingerprint density at radius 2 is 1.79 bits per heavy atom. The normalized spacial score (nSPS) is 19.0. The Morgan fingerprint density at radius 3 is 2.26 bits per heavy atom. The van der Waals surface area contributed by atoms with Crippen LogP contribution in [0.4, 0.5) is 0 Å². The molecule has 2 heterocycles. The first-order chi connectivity index (χ1) is 8.90. The van der Waals surface area contributed by atoms with Gasteiger partial charge in [0.25, 0.3) is 0 Å². The van der Waals surface area contributed by atoms with Crippen molar-refractivity contribution in [3.63, 3.8) is 0 Å². The number of piperazine rings is 1. The summed E-state index contributed by atoms with van der Waals surface area (Å²) in [4.78, 5) is 10.9. The summed E-state index contributed by atoms with van der Waals surface area (Å²) in [5.74, 6) is 0. The fourth-order valence-corrected chi connectivity index (χ4v) is 3.69. The minimum Gasteiger partial charge on any atom is -0.321 e. The number of aromatic nitrogens is 1. The topological polar surface area (TPSA) is 45.4 Å². The first kappa shape index (κ1) is 14.9. The molecule has 108 valence electrons. The van der Waals surface area contributed by atoms with Crippen molar-refractivity contribution >= 4 is 11.3 Å². The number of hydrogen-bond acceptors (Lipinski definition) is 5. The SMILES string of the molecule is CCN1CCN(Cc2nc(C)c(C(C)(C)N)s2)CC1. The summed E-state index contributed by atoms with van der Waals surface area (Å²) in [6, 6.07) is 0. The van der Waals surface area contributed by atoms with Gasteiger partial charge in [0, 0.05) is 36.6 Å². The zero-order valence-electron chi connectivity index (χ0n) is 12.6. The van der Waals surface area contributed by atoms with Crippen LogP contribution in [0.2, 0.25) is 0 Å². The number of thiazole rings is 1. The Kier molecular flexibility index (Phi) is 4.61. The summed E-state index contributed by atoms with van der Waals surface area (Å²) >= 11 is 1.78. The van der Waals surface area contributed by atoms with Crippen LogP contribution in [-0.4, -0.2) is 47.5 Å². The van der Waals surface area contributed by atoms with Gasteiger partial charge in [0.15, 0.2) is 0 Å². The van der Waals surface area contributed by atoms with E-state index in [-0.39, 0.29) is 5.54 Å². The van der Waals surface area contributed by atoms with E-state index in [2.05, 4.69) is 37.5 Å². The first-order valence-corrected chi connectivity index (χ1v) is 7.92. The van der Waals surface area contributed by atoms with Crippen molar-refractivity contribution in [2.24, 2.45) is 5.73 Å². The van der Waals surface area contributed by atoms with Crippen LogP contribution < -0.4 is 5.73 Å². The lowest BCUT2D eigenvalue weighted by Gasteiger charge is -2.33. The maximum Gasteiger partial charge on any atom is 0.107 e. The Morgan fingerprint density at radius 1 is 1.21 bits per heavy atom. The number of nitrogens with two attached hydrogens (primary N) is 1. The third kappa shape index (κ3) is 3.75. The lowest BCUT2D eigenvalue weighted by atomic mass is 10.0. The fourth-order valence-electron chi connectivity index (χ4n) is 2.57. The molecule has 0 atom stereocenters. The molecule has 0 amide bonds. The van der Waals surface area contributed by atoms with Crippen molar-refractivity contribution in [3.8, 4) is 0 Å². The van der Waals surface area contributed by atoms with Crippen LogP contribution in [0.25, 0.3) is 0 Å². The molecular weight excluding hydrogens is 256 g/mol. The second-order valence-corrected chi connectivity index (χ2v) is 7.04. The highest BCUT2D eigenvalue weighted by Crippen LogP contribution is 2.28. The molecule has 0 radical (unpaired) electrons. The van der Waals surface area contributed by atoms with E-state index in [0.717, 1.165) is 31.9 Å². The van der Waals surface area contributed by atoms with E-state index < -0.39 is 0 Å². The quantitative estimate of drug-likeness (QED) is 0.914. The monoisotopic (exact) mass is 282 g/mol. The highest BCUT2D eigenvalue weighted by atomic mass is 32.1. The van der Waals surface area contributed by atoms with Crippen LogP contribution in [0.5, 0.6) is 0 Å². The van der Waals surface area contributed by atoms with E-state index >= 15 is 0 Å². The summed E-state index contributed by atoms with van der Waals surface area (Å²) in [7, 11) is 0. The third-order valence-corrected chi connectivity index (χ3v) is 5.18. The Hall–Kier alpha value is -0.490. The lowest BCUT2D eigenvalue weighted by Crippen LogP contribution is -2.45. The Bertz CT molecular complexity index is 414. The van der Waals surface area contributed by atoms with Crippen molar-refractivity contribution in [1.82, 2.24) is 14.8 Å². The summed E-state index contributed by atoms with van der Waals surface area (Å²) < 4.78 is 0. The first-order valence-electron chi connectivity index (χ1n) is 7.10. The van der Waals surface area contributed by atoms with Gasteiger partial charge in [-0.25, -0.2) is 4.98 Å². The Balaban J connectivity index is 1.97. The number of hydrogen-bond donors (Lipinski definition) is 1. The molecule has 0 unspecified atom stereocenters. The zero-order valence-corrected chi connectivity index (χ0v) is 13.4.